The quantitative estimate of drug-likeness (QED) is 0.0195. The molecule has 0 aromatic rings. The van der Waals surface area contributed by atoms with E-state index in [1.165, 1.54) is 154 Å². The standard InChI is InChI=1S/C66H117NO10/c1-4-7-10-13-16-19-22-24-26-28-29-30-31-32-34-36-39-42-45-48-51-54-61(71)77-64-63(73)62(72)60(55-68)76-66(64)75-56-57(58(69)52-49-46-43-40-37-21-18-15-12-9-6-3)67-65(74)59(70)53-50-47-44-41-38-35-33-27-25-23-20-17-14-11-8-5-2/h17,20,24-27,35,38,44,47,49,52,57-60,62-64,66,68-70,72-73H,4-16,18-19,21-23,28-34,36-37,39-43,45-46,48,50-51,53-56H2,1-3H3,(H,67,74)/b20-17-,26-24+,27-25-,38-35-,47-44-,52-49+. The highest BCUT2D eigenvalue weighted by Crippen LogP contribution is 2.26. The van der Waals surface area contributed by atoms with Crippen molar-refractivity contribution in [1.29, 1.82) is 0 Å². The number of nitrogens with one attached hydrogen (secondary N) is 1. The summed E-state index contributed by atoms with van der Waals surface area (Å²) < 4.78 is 17.6. The summed E-state index contributed by atoms with van der Waals surface area (Å²) in [5.74, 6) is -1.25. The second kappa shape index (κ2) is 53.7. The SMILES string of the molecule is CCCCC/C=C\C/C=C\C/C=C\C/C=C\CCC(O)C(=O)NC(COC1OC(CO)C(O)C(O)C1OC(=O)CCCCCCCCCCCCC/C=C/CCCCCCCC)C(O)/C=C/CCCCCCCCCCC. The first-order valence-electron chi connectivity index (χ1n) is 31.7. The molecule has 8 unspecified atom stereocenters. The monoisotopic (exact) mass is 1080 g/mol. The molecule has 11 nitrogen and oxygen atoms in total. The van der Waals surface area contributed by atoms with E-state index < -0.39 is 67.4 Å². The van der Waals surface area contributed by atoms with Gasteiger partial charge in [-0.2, -0.15) is 0 Å². The maximum atomic E-state index is 13.4. The van der Waals surface area contributed by atoms with Crippen molar-refractivity contribution in [3.05, 3.63) is 72.9 Å². The fourth-order valence-corrected chi connectivity index (χ4v) is 9.52. The molecule has 0 aromatic heterocycles. The summed E-state index contributed by atoms with van der Waals surface area (Å²) in [5.41, 5.74) is 0. The number of ether oxygens (including phenoxy) is 3. The van der Waals surface area contributed by atoms with Gasteiger partial charge in [0, 0.05) is 6.42 Å². The minimum absolute atomic E-state index is 0.115. The lowest BCUT2D eigenvalue weighted by atomic mass is 9.99. The zero-order valence-electron chi connectivity index (χ0n) is 49.3. The molecule has 1 aliphatic rings. The molecule has 8 atom stereocenters. The molecular formula is C66H117NO10. The van der Waals surface area contributed by atoms with Crippen molar-refractivity contribution in [3.8, 4) is 0 Å². The van der Waals surface area contributed by atoms with Gasteiger partial charge < -0.3 is 45.1 Å². The molecule has 6 N–H and O–H groups in total. The van der Waals surface area contributed by atoms with Gasteiger partial charge in [0.2, 0.25) is 5.91 Å². The van der Waals surface area contributed by atoms with Crippen molar-refractivity contribution in [3.63, 3.8) is 0 Å². The lowest BCUT2D eigenvalue weighted by molar-refractivity contribution is -0.305. The summed E-state index contributed by atoms with van der Waals surface area (Å²) in [6.45, 7) is 5.72. The summed E-state index contributed by atoms with van der Waals surface area (Å²) in [6, 6.07) is -1.05. The number of hydrogen-bond donors (Lipinski definition) is 6. The molecule has 1 amide bonds. The van der Waals surface area contributed by atoms with Crippen LogP contribution in [0.25, 0.3) is 0 Å². The van der Waals surface area contributed by atoms with Crippen LogP contribution in [0, 0.1) is 0 Å². The molecule has 1 fully saturated rings. The van der Waals surface area contributed by atoms with E-state index in [9.17, 15) is 35.1 Å². The third-order valence-corrected chi connectivity index (χ3v) is 14.6. The van der Waals surface area contributed by atoms with Gasteiger partial charge in [-0.3, -0.25) is 9.59 Å². The largest absolute Gasteiger partial charge is 0.454 e. The summed E-state index contributed by atoms with van der Waals surface area (Å²) in [6.07, 6.45) is 58.1. The van der Waals surface area contributed by atoms with E-state index in [1.807, 2.05) is 18.2 Å². The van der Waals surface area contributed by atoms with Crippen LogP contribution in [-0.2, 0) is 23.8 Å². The molecular weight excluding hydrogens is 967 g/mol. The van der Waals surface area contributed by atoms with Gasteiger partial charge in [0.1, 0.15) is 24.4 Å². The number of allylic oxidation sites excluding steroid dienone is 11. The maximum absolute atomic E-state index is 13.4. The Kier molecular flexibility index (Phi) is 50.3. The minimum atomic E-state index is -1.62. The molecule has 0 aliphatic carbocycles. The van der Waals surface area contributed by atoms with Crippen LogP contribution in [-0.4, -0.2) is 99.6 Å². The number of amides is 1. The molecule has 446 valence electrons. The number of hydrogen-bond acceptors (Lipinski definition) is 10. The second-order valence-corrected chi connectivity index (χ2v) is 21.8. The van der Waals surface area contributed by atoms with Gasteiger partial charge in [0.15, 0.2) is 12.4 Å². The van der Waals surface area contributed by atoms with Gasteiger partial charge >= 0.3 is 5.97 Å². The molecule has 11 heteroatoms. The molecule has 0 radical (unpaired) electrons. The predicted molar refractivity (Wildman–Crippen MR) is 319 cm³/mol. The molecule has 1 rings (SSSR count). The first-order valence-corrected chi connectivity index (χ1v) is 31.7. The van der Waals surface area contributed by atoms with Crippen LogP contribution >= 0.6 is 0 Å². The van der Waals surface area contributed by atoms with Crippen molar-refractivity contribution in [1.82, 2.24) is 5.32 Å². The molecule has 1 saturated heterocycles. The van der Waals surface area contributed by atoms with Gasteiger partial charge in [0.05, 0.1) is 25.4 Å². The number of esters is 1. The van der Waals surface area contributed by atoms with Crippen LogP contribution < -0.4 is 5.32 Å². The number of rotatable bonds is 53. The predicted octanol–water partition coefficient (Wildman–Crippen LogP) is 15.2. The zero-order chi connectivity index (χ0) is 56.1. The normalized spacial score (nSPS) is 19.5. The third-order valence-electron chi connectivity index (χ3n) is 14.6. The Bertz CT molecular complexity index is 1530. The first-order chi connectivity index (χ1) is 37.7. The van der Waals surface area contributed by atoms with Crippen LogP contribution in [0.3, 0.4) is 0 Å². The summed E-state index contributed by atoms with van der Waals surface area (Å²) >= 11 is 0. The Labute approximate surface area is 471 Å². The van der Waals surface area contributed by atoms with E-state index in [0.29, 0.717) is 12.8 Å². The van der Waals surface area contributed by atoms with Crippen LogP contribution in [0.1, 0.15) is 271 Å². The molecule has 0 bridgehead atoms. The second-order valence-electron chi connectivity index (χ2n) is 21.8. The number of carbonyl (C=O) groups excluding carboxylic acids is 2. The Morgan fingerprint density at radius 1 is 0.506 bits per heavy atom. The average Bonchev–Trinajstić information content (AvgIpc) is 3.43. The van der Waals surface area contributed by atoms with Gasteiger partial charge in [-0.25, -0.2) is 0 Å². The van der Waals surface area contributed by atoms with E-state index >= 15 is 0 Å². The first kappa shape index (κ1) is 72.1. The summed E-state index contributed by atoms with van der Waals surface area (Å²) in [4.78, 5) is 26.5. The lowest BCUT2D eigenvalue weighted by Crippen LogP contribution is -2.61. The van der Waals surface area contributed by atoms with Crippen molar-refractivity contribution in [2.24, 2.45) is 0 Å². The van der Waals surface area contributed by atoms with E-state index in [-0.39, 0.29) is 19.4 Å². The Hall–Kier alpha value is -2.90. The fourth-order valence-electron chi connectivity index (χ4n) is 9.52. The zero-order valence-corrected chi connectivity index (χ0v) is 49.3. The summed E-state index contributed by atoms with van der Waals surface area (Å²) in [5, 5.41) is 56.9. The van der Waals surface area contributed by atoms with Crippen LogP contribution in [0.2, 0.25) is 0 Å². The van der Waals surface area contributed by atoms with Crippen LogP contribution in [0.5, 0.6) is 0 Å². The van der Waals surface area contributed by atoms with E-state index in [1.54, 1.807) is 6.08 Å². The van der Waals surface area contributed by atoms with E-state index in [0.717, 1.165) is 70.6 Å². The Balaban J connectivity index is 2.67. The maximum Gasteiger partial charge on any atom is 0.306 e. The van der Waals surface area contributed by atoms with Crippen LogP contribution in [0.4, 0.5) is 0 Å². The van der Waals surface area contributed by atoms with Crippen molar-refractivity contribution < 1.29 is 49.3 Å². The number of unbranched alkanes of at least 4 members (excludes halogenated alkanes) is 29. The minimum Gasteiger partial charge on any atom is -0.454 e. The van der Waals surface area contributed by atoms with Crippen LogP contribution in [0.15, 0.2) is 72.9 Å². The summed E-state index contributed by atoms with van der Waals surface area (Å²) in [7, 11) is 0. The highest BCUT2D eigenvalue weighted by atomic mass is 16.7. The van der Waals surface area contributed by atoms with Gasteiger partial charge in [-0.05, 0) is 89.9 Å². The van der Waals surface area contributed by atoms with Crippen molar-refractivity contribution in [2.45, 2.75) is 320 Å². The highest BCUT2D eigenvalue weighted by molar-refractivity contribution is 5.80. The van der Waals surface area contributed by atoms with Crippen molar-refractivity contribution in [2.75, 3.05) is 13.2 Å². The van der Waals surface area contributed by atoms with E-state index in [2.05, 4.69) is 74.7 Å². The molecule has 0 spiro atoms. The lowest BCUT2D eigenvalue weighted by Gasteiger charge is -2.41. The number of carbonyl (C=O) groups is 2. The van der Waals surface area contributed by atoms with Crippen molar-refractivity contribution >= 4 is 11.9 Å². The van der Waals surface area contributed by atoms with Gasteiger partial charge in [-0.1, -0.05) is 248 Å². The van der Waals surface area contributed by atoms with E-state index in [4.69, 9.17) is 14.2 Å². The van der Waals surface area contributed by atoms with Gasteiger partial charge in [0.25, 0.3) is 0 Å². The van der Waals surface area contributed by atoms with Gasteiger partial charge in [-0.15, -0.1) is 0 Å². The molecule has 0 saturated carbocycles. The smallest absolute Gasteiger partial charge is 0.306 e. The molecule has 1 aliphatic heterocycles. The third kappa shape index (κ3) is 41.7. The number of aliphatic hydroxyl groups excluding tert-OH is 5. The highest BCUT2D eigenvalue weighted by Gasteiger charge is 2.47. The molecule has 1 heterocycles. The number of aliphatic hydroxyl groups is 5. The molecule has 77 heavy (non-hydrogen) atoms. The average molecular weight is 1080 g/mol. The topological polar surface area (TPSA) is 175 Å². The molecule has 0 aromatic carbocycles. The fraction of sp³-hybridized carbons (Fsp3) is 0.788. The Morgan fingerprint density at radius 2 is 0.896 bits per heavy atom. The Morgan fingerprint density at radius 3 is 1.38 bits per heavy atom.